The van der Waals surface area contributed by atoms with Crippen LogP contribution in [0.15, 0.2) is 23.3 Å². The number of phenols is 1. The van der Waals surface area contributed by atoms with Gasteiger partial charge in [0, 0.05) is 30.4 Å². The van der Waals surface area contributed by atoms with Crippen molar-refractivity contribution in [3.8, 4) is 5.75 Å². The molecule has 1 rings (SSSR count). The van der Waals surface area contributed by atoms with Crippen molar-refractivity contribution < 1.29 is 15.0 Å². The fraction of sp³-hybridized carbons (Fsp3) is 0.385. The molecule has 1 amide bonds. The van der Waals surface area contributed by atoms with Crippen LogP contribution in [0.2, 0.25) is 0 Å². The largest absolute Gasteiger partial charge is 0.507 e. The number of aliphatic hydroxyl groups is 1. The van der Waals surface area contributed by atoms with E-state index < -0.39 is 12.5 Å². The first-order valence-corrected chi connectivity index (χ1v) is 6.13. The lowest BCUT2D eigenvalue weighted by Gasteiger charge is -2.21. The Morgan fingerprint density at radius 2 is 2.11 bits per heavy atom. The van der Waals surface area contributed by atoms with Crippen molar-refractivity contribution in [1.29, 1.82) is 0 Å². The number of aliphatic hydroxyl groups excluding tert-OH is 1. The molecule has 0 heterocycles. The summed E-state index contributed by atoms with van der Waals surface area (Å²) in [5, 5.41) is 22.0. The minimum atomic E-state index is -0.621. The average Bonchev–Trinajstić information content (AvgIpc) is 2.42. The molecule has 0 aliphatic rings. The van der Waals surface area contributed by atoms with Crippen LogP contribution in [0.1, 0.15) is 19.4 Å². The summed E-state index contributed by atoms with van der Waals surface area (Å²) in [7, 11) is 0. The predicted octanol–water partition coefficient (Wildman–Crippen LogP) is 0.681. The Bertz CT molecular complexity index is 456. The number of carbonyl (C=O) groups is 1. The average molecular weight is 265 g/mol. The SMILES string of the molecule is CCN(CC)c1ccc(C=NNC(=O)CO)c(O)c1. The van der Waals surface area contributed by atoms with Crippen LogP contribution in [0, 0.1) is 0 Å². The number of hydrogen-bond donors (Lipinski definition) is 3. The number of phenolic OH excluding ortho intramolecular Hbond substituents is 1. The van der Waals surface area contributed by atoms with E-state index in [0.717, 1.165) is 18.8 Å². The molecule has 0 aliphatic carbocycles. The molecule has 1 aromatic rings. The normalized spacial score (nSPS) is 10.7. The number of anilines is 1. The zero-order chi connectivity index (χ0) is 14.3. The Morgan fingerprint density at radius 1 is 1.42 bits per heavy atom. The number of aromatic hydroxyl groups is 1. The van der Waals surface area contributed by atoms with Gasteiger partial charge in [0.15, 0.2) is 0 Å². The number of nitrogens with zero attached hydrogens (tertiary/aromatic N) is 2. The zero-order valence-corrected chi connectivity index (χ0v) is 11.1. The maximum atomic E-state index is 10.8. The monoisotopic (exact) mass is 265 g/mol. The molecule has 1 aromatic carbocycles. The molecule has 0 saturated carbocycles. The van der Waals surface area contributed by atoms with E-state index in [1.165, 1.54) is 6.21 Å². The zero-order valence-electron chi connectivity index (χ0n) is 11.1. The van der Waals surface area contributed by atoms with E-state index in [9.17, 15) is 9.90 Å². The third kappa shape index (κ3) is 4.26. The van der Waals surface area contributed by atoms with Crippen molar-refractivity contribution in [1.82, 2.24) is 5.43 Å². The molecule has 0 aliphatic heterocycles. The lowest BCUT2D eigenvalue weighted by Crippen LogP contribution is -2.21. The summed E-state index contributed by atoms with van der Waals surface area (Å²) in [4.78, 5) is 12.9. The second-order valence-corrected chi connectivity index (χ2v) is 3.87. The quantitative estimate of drug-likeness (QED) is 0.521. The van der Waals surface area contributed by atoms with Crippen LogP contribution in [0.5, 0.6) is 5.75 Å². The molecule has 0 atom stereocenters. The van der Waals surface area contributed by atoms with Crippen LogP contribution in [0.4, 0.5) is 5.69 Å². The van der Waals surface area contributed by atoms with E-state index in [-0.39, 0.29) is 5.75 Å². The Morgan fingerprint density at radius 3 is 2.63 bits per heavy atom. The lowest BCUT2D eigenvalue weighted by molar-refractivity contribution is -0.123. The molecule has 19 heavy (non-hydrogen) atoms. The highest BCUT2D eigenvalue weighted by Crippen LogP contribution is 2.23. The van der Waals surface area contributed by atoms with E-state index in [4.69, 9.17) is 5.11 Å². The number of carbonyl (C=O) groups excluding carboxylic acids is 1. The highest BCUT2D eigenvalue weighted by molar-refractivity contribution is 5.86. The van der Waals surface area contributed by atoms with Gasteiger partial charge in [-0.1, -0.05) is 0 Å². The molecule has 104 valence electrons. The van der Waals surface area contributed by atoms with Gasteiger partial charge < -0.3 is 15.1 Å². The van der Waals surface area contributed by atoms with Gasteiger partial charge in [-0.3, -0.25) is 4.79 Å². The maximum absolute atomic E-state index is 10.8. The molecule has 0 saturated heterocycles. The van der Waals surface area contributed by atoms with Gasteiger partial charge in [0.05, 0.1) is 6.21 Å². The molecule has 0 fully saturated rings. The maximum Gasteiger partial charge on any atom is 0.265 e. The number of benzene rings is 1. The van der Waals surface area contributed by atoms with Crippen molar-refractivity contribution in [2.45, 2.75) is 13.8 Å². The first kappa shape index (κ1) is 15.0. The van der Waals surface area contributed by atoms with E-state index >= 15 is 0 Å². The molecule has 0 spiro atoms. The number of rotatable bonds is 6. The molecular formula is C13H19N3O3. The van der Waals surface area contributed by atoms with Crippen molar-refractivity contribution in [3.63, 3.8) is 0 Å². The highest BCUT2D eigenvalue weighted by Gasteiger charge is 2.05. The summed E-state index contributed by atoms with van der Waals surface area (Å²) >= 11 is 0. The van der Waals surface area contributed by atoms with E-state index in [1.54, 1.807) is 12.1 Å². The minimum absolute atomic E-state index is 0.0893. The second kappa shape index (κ2) is 7.38. The standard InChI is InChI=1S/C13H19N3O3/c1-3-16(4-2)11-6-5-10(12(18)7-11)8-14-15-13(19)9-17/h5-8,17-18H,3-4,9H2,1-2H3,(H,15,19). The van der Waals surface area contributed by atoms with Gasteiger partial charge in [-0.15, -0.1) is 0 Å². The summed E-state index contributed by atoms with van der Waals surface area (Å²) in [6.07, 6.45) is 1.33. The van der Waals surface area contributed by atoms with Gasteiger partial charge in [-0.05, 0) is 26.0 Å². The van der Waals surface area contributed by atoms with E-state index in [1.807, 2.05) is 19.9 Å². The van der Waals surface area contributed by atoms with Gasteiger partial charge in [-0.2, -0.15) is 5.10 Å². The summed E-state index contributed by atoms with van der Waals surface area (Å²) in [5.41, 5.74) is 3.55. The number of hydrogen-bond acceptors (Lipinski definition) is 5. The van der Waals surface area contributed by atoms with Crippen LogP contribution < -0.4 is 10.3 Å². The predicted molar refractivity (Wildman–Crippen MR) is 74.5 cm³/mol. The number of nitrogens with one attached hydrogen (secondary N) is 1. The summed E-state index contributed by atoms with van der Waals surface area (Å²) < 4.78 is 0. The smallest absolute Gasteiger partial charge is 0.265 e. The first-order chi connectivity index (χ1) is 9.12. The van der Waals surface area contributed by atoms with Crippen molar-refractivity contribution in [2.24, 2.45) is 5.10 Å². The van der Waals surface area contributed by atoms with Gasteiger partial charge in [0.1, 0.15) is 12.4 Å². The minimum Gasteiger partial charge on any atom is -0.507 e. The topological polar surface area (TPSA) is 85.2 Å². The molecule has 3 N–H and O–H groups in total. The van der Waals surface area contributed by atoms with Crippen molar-refractivity contribution in [2.75, 3.05) is 24.6 Å². The Labute approximate surface area is 112 Å². The van der Waals surface area contributed by atoms with Crippen molar-refractivity contribution in [3.05, 3.63) is 23.8 Å². The van der Waals surface area contributed by atoms with Crippen molar-refractivity contribution >= 4 is 17.8 Å². The molecule has 0 radical (unpaired) electrons. The molecule has 0 unspecified atom stereocenters. The van der Waals surface area contributed by atoms with E-state index in [2.05, 4.69) is 15.4 Å². The van der Waals surface area contributed by atoms with Crippen LogP contribution in [0.25, 0.3) is 0 Å². The second-order valence-electron chi connectivity index (χ2n) is 3.87. The Balaban J connectivity index is 2.80. The van der Waals surface area contributed by atoms with E-state index in [0.29, 0.717) is 5.56 Å². The van der Waals surface area contributed by atoms with Gasteiger partial charge in [-0.25, -0.2) is 5.43 Å². The lowest BCUT2D eigenvalue weighted by atomic mass is 10.2. The molecule has 6 nitrogen and oxygen atoms in total. The third-order valence-electron chi connectivity index (χ3n) is 2.68. The number of amides is 1. The van der Waals surface area contributed by atoms with Gasteiger partial charge in [0.25, 0.3) is 5.91 Å². The van der Waals surface area contributed by atoms with Crippen LogP contribution in [-0.4, -0.2) is 42.0 Å². The fourth-order valence-electron chi connectivity index (χ4n) is 1.64. The molecule has 6 heteroatoms. The Hall–Kier alpha value is -2.08. The van der Waals surface area contributed by atoms with Crippen LogP contribution in [-0.2, 0) is 4.79 Å². The molecular weight excluding hydrogens is 246 g/mol. The Kier molecular flexibility index (Phi) is 5.81. The summed E-state index contributed by atoms with van der Waals surface area (Å²) in [5.74, 6) is -0.512. The van der Waals surface area contributed by atoms with Crippen LogP contribution in [0.3, 0.4) is 0 Å². The highest BCUT2D eigenvalue weighted by atomic mass is 16.3. The third-order valence-corrected chi connectivity index (χ3v) is 2.68. The summed E-state index contributed by atoms with van der Waals surface area (Å²) in [6.45, 7) is 5.18. The van der Waals surface area contributed by atoms with Gasteiger partial charge >= 0.3 is 0 Å². The van der Waals surface area contributed by atoms with Gasteiger partial charge in [0.2, 0.25) is 0 Å². The fourth-order valence-corrected chi connectivity index (χ4v) is 1.64. The first-order valence-electron chi connectivity index (χ1n) is 6.13. The summed E-state index contributed by atoms with van der Waals surface area (Å²) in [6, 6.07) is 5.25. The molecule has 0 bridgehead atoms. The number of hydrazone groups is 1. The van der Waals surface area contributed by atoms with Crippen LogP contribution >= 0.6 is 0 Å². The molecule has 0 aromatic heterocycles.